The van der Waals surface area contributed by atoms with Crippen molar-refractivity contribution in [2.24, 2.45) is 35.5 Å². The van der Waals surface area contributed by atoms with Gasteiger partial charge in [-0.2, -0.15) is 0 Å². The molecule has 0 N–H and O–H groups in total. The lowest BCUT2D eigenvalue weighted by Gasteiger charge is -2.35. The number of likely N-dealkylation sites (tertiary alicyclic amines) is 2. The molecule has 9 heteroatoms. The zero-order valence-electron chi connectivity index (χ0n) is 34.5. The van der Waals surface area contributed by atoms with Gasteiger partial charge in [-0.25, -0.2) is 0 Å². The SMILES string of the molecule is C=C(CC(C)CC(C)CCCC)C1CC(=O)N(CCC[Si](C)(C)O[Si](C)(C)CCN2C(=O)CC(C(=C)CC(C)CC(CC)CCCC)C2=O)C1=O. The highest BCUT2D eigenvalue weighted by atomic mass is 28.4. The highest BCUT2D eigenvalue weighted by Crippen LogP contribution is 2.35. The highest BCUT2D eigenvalue weighted by molar-refractivity contribution is 6.84. The molecule has 0 bridgehead atoms. The highest BCUT2D eigenvalue weighted by Gasteiger charge is 2.43. The van der Waals surface area contributed by atoms with Crippen molar-refractivity contribution >= 4 is 40.3 Å². The van der Waals surface area contributed by atoms with Crippen molar-refractivity contribution in [3.8, 4) is 0 Å². The number of imide groups is 2. The van der Waals surface area contributed by atoms with Gasteiger partial charge in [0.2, 0.25) is 23.6 Å². The average Bonchev–Trinajstić information content (AvgIpc) is 3.49. The Bertz CT molecular complexity index is 1200. The molecule has 0 radical (unpaired) electrons. The minimum Gasteiger partial charge on any atom is -0.455 e. The van der Waals surface area contributed by atoms with Crippen LogP contribution in [0.25, 0.3) is 0 Å². The summed E-state index contributed by atoms with van der Waals surface area (Å²) in [5.41, 5.74) is 1.81. The molecule has 7 nitrogen and oxygen atoms in total. The monoisotopic (exact) mass is 745 g/mol. The fourth-order valence-corrected chi connectivity index (χ4v) is 17.2. The van der Waals surface area contributed by atoms with Gasteiger partial charge in [-0.3, -0.25) is 29.0 Å². The molecule has 4 amide bonds. The molecule has 0 aromatic carbocycles. The van der Waals surface area contributed by atoms with Gasteiger partial charge in [0, 0.05) is 25.9 Å². The van der Waals surface area contributed by atoms with Gasteiger partial charge < -0.3 is 4.12 Å². The maximum atomic E-state index is 13.4. The Balaban J connectivity index is 1.83. The largest absolute Gasteiger partial charge is 0.455 e. The van der Waals surface area contributed by atoms with Crippen LogP contribution in [-0.2, 0) is 23.3 Å². The zero-order chi connectivity index (χ0) is 38.5. The fraction of sp³-hybridized carbons (Fsp3) is 0.810. The molecule has 2 heterocycles. The Morgan fingerprint density at radius 2 is 1.16 bits per heavy atom. The van der Waals surface area contributed by atoms with E-state index in [9.17, 15) is 19.2 Å². The molecule has 0 aromatic heterocycles. The molecule has 6 unspecified atom stereocenters. The standard InChI is InChI=1S/C42H76N2O5Si2/c1-13-16-19-31(4)25-32(5)26-34(7)37-29-39(45)43(41(37)47)21-18-23-50(9,10)49-51(11,12)24-22-44-40(46)30-38(42(44)48)35(8)27-33(6)28-36(15-3)20-17-14-2/h31-33,36-38H,7-8,13-30H2,1-6,9-12H3. The Labute approximate surface area is 315 Å². The minimum atomic E-state index is -2.21. The molecule has 2 rings (SSSR count). The second kappa shape index (κ2) is 21.1. The number of carbonyl (C=O) groups is 4. The molecule has 0 spiro atoms. The lowest BCUT2D eigenvalue weighted by atomic mass is 9.84. The summed E-state index contributed by atoms with van der Waals surface area (Å²) >= 11 is 0. The van der Waals surface area contributed by atoms with Crippen LogP contribution in [0.5, 0.6) is 0 Å². The summed E-state index contributed by atoms with van der Waals surface area (Å²) in [4.78, 5) is 55.6. The van der Waals surface area contributed by atoms with Crippen molar-refractivity contribution in [2.45, 2.75) is 170 Å². The van der Waals surface area contributed by atoms with Crippen molar-refractivity contribution in [3.05, 3.63) is 24.3 Å². The number of hydrogen-bond donors (Lipinski definition) is 0. The first-order valence-electron chi connectivity index (χ1n) is 20.6. The molecule has 6 atom stereocenters. The van der Waals surface area contributed by atoms with E-state index >= 15 is 0 Å². The van der Waals surface area contributed by atoms with Gasteiger partial charge in [0.15, 0.2) is 16.6 Å². The van der Waals surface area contributed by atoms with E-state index < -0.39 is 22.6 Å². The summed E-state index contributed by atoms with van der Waals surface area (Å²) in [7, 11) is -4.35. The molecule has 2 aliphatic rings. The average molecular weight is 745 g/mol. The van der Waals surface area contributed by atoms with Crippen LogP contribution in [0, 0.1) is 35.5 Å². The van der Waals surface area contributed by atoms with Gasteiger partial charge in [-0.05, 0) is 94.1 Å². The van der Waals surface area contributed by atoms with Crippen molar-refractivity contribution in [3.63, 3.8) is 0 Å². The van der Waals surface area contributed by atoms with E-state index in [1.54, 1.807) is 0 Å². The number of nitrogens with zero attached hydrogens (tertiary/aromatic N) is 2. The Kier molecular flexibility index (Phi) is 18.8. The third-order valence-corrected chi connectivity index (χ3v) is 18.9. The minimum absolute atomic E-state index is 0.0844. The van der Waals surface area contributed by atoms with E-state index in [2.05, 4.69) is 80.9 Å². The van der Waals surface area contributed by atoms with E-state index in [0.29, 0.717) is 49.2 Å². The first-order chi connectivity index (χ1) is 23.8. The van der Waals surface area contributed by atoms with Crippen molar-refractivity contribution in [1.29, 1.82) is 0 Å². The molecular weight excluding hydrogens is 669 g/mol. The summed E-state index contributed by atoms with van der Waals surface area (Å²) in [6.45, 7) is 31.6. The number of hydrogen-bond acceptors (Lipinski definition) is 5. The topological polar surface area (TPSA) is 84.0 Å². The Morgan fingerprint density at radius 1 is 0.686 bits per heavy atom. The molecule has 2 saturated heterocycles. The van der Waals surface area contributed by atoms with Crippen molar-refractivity contribution in [2.75, 3.05) is 13.1 Å². The fourth-order valence-electron chi connectivity index (χ4n) is 8.62. The second-order valence-corrected chi connectivity index (χ2v) is 26.7. The summed E-state index contributed by atoms with van der Waals surface area (Å²) in [5.74, 6) is 1.13. The molecule has 51 heavy (non-hydrogen) atoms. The lowest BCUT2D eigenvalue weighted by molar-refractivity contribution is -0.140. The third kappa shape index (κ3) is 14.8. The van der Waals surface area contributed by atoms with Crippen LogP contribution in [0.2, 0.25) is 38.3 Å². The van der Waals surface area contributed by atoms with E-state index in [1.807, 2.05) is 0 Å². The van der Waals surface area contributed by atoms with Crippen LogP contribution in [0.3, 0.4) is 0 Å². The number of amides is 4. The second-order valence-electron chi connectivity index (χ2n) is 17.8. The van der Waals surface area contributed by atoms with E-state index in [4.69, 9.17) is 4.12 Å². The number of rotatable bonds is 26. The van der Waals surface area contributed by atoms with Crippen LogP contribution in [0.15, 0.2) is 24.3 Å². The van der Waals surface area contributed by atoms with Gasteiger partial charge in [-0.1, -0.05) is 111 Å². The van der Waals surface area contributed by atoms with Gasteiger partial charge in [-0.15, -0.1) is 0 Å². The maximum Gasteiger partial charge on any atom is 0.236 e. The summed E-state index contributed by atoms with van der Waals surface area (Å²) < 4.78 is 6.84. The molecule has 0 aromatic rings. The van der Waals surface area contributed by atoms with E-state index in [1.165, 1.54) is 54.7 Å². The first kappa shape index (κ1) is 45.3. The van der Waals surface area contributed by atoms with Gasteiger partial charge >= 0.3 is 0 Å². The van der Waals surface area contributed by atoms with Crippen molar-refractivity contribution in [1.82, 2.24) is 9.80 Å². The normalized spacial score (nSPS) is 21.1. The molecular formula is C42H76N2O5Si2. The van der Waals surface area contributed by atoms with Gasteiger partial charge in [0.1, 0.15) is 0 Å². The zero-order valence-corrected chi connectivity index (χ0v) is 36.5. The first-order valence-corrected chi connectivity index (χ1v) is 26.8. The summed E-state index contributed by atoms with van der Waals surface area (Å²) in [5, 5.41) is 0. The van der Waals surface area contributed by atoms with E-state index in [0.717, 1.165) is 42.9 Å². The van der Waals surface area contributed by atoms with Crippen LogP contribution in [0.4, 0.5) is 0 Å². The van der Waals surface area contributed by atoms with E-state index in [-0.39, 0.29) is 42.4 Å². The summed E-state index contributed by atoms with van der Waals surface area (Å²) in [6.07, 6.45) is 13.7. The molecule has 2 fully saturated rings. The predicted octanol–water partition coefficient (Wildman–Crippen LogP) is 10.5. The molecule has 0 saturated carbocycles. The van der Waals surface area contributed by atoms with Crippen molar-refractivity contribution < 1.29 is 23.3 Å². The van der Waals surface area contributed by atoms with Gasteiger partial charge in [0.25, 0.3) is 0 Å². The number of carbonyl (C=O) groups excluding carboxylic acids is 4. The molecule has 2 aliphatic heterocycles. The maximum absolute atomic E-state index is 13.4. The lowest BCUT2D eigenvalue weighted by Crippen LogP contribution is -2.47. The quantitative estimate of drug-likeness (QED) is 0.0500. The van der Waals surface area contributed by atoms with Crippen LogP contribution >= 0.6 is 0 Å². The van der Waals surface area contributed by atoms with Crippen LogP contribution in [-0.4, -0.2) is 63.2 Å². The van der Waals surface area contributed by atoms with Crippen LogP contribution < -0.4 is 0 Å². The number of unbranched alkanes of at least 4 members (excludes halogenated alkanes) is 2. The smallest absolute Gasteiger partial charge is 0.236 e. The van der Waals surface area contributed by atoms with Crippen LogP contribution in [0.1, 0.15) is 131 Å². The molecule has 0 aliphatic carbocycles. The van der Waals surface area contributed by atoms with Gasteiger partial charge in [0.05, 0.1) is 11.8 Å². The Hall–Kier alpha value is -1.85. The third-order valence-electron chi connectivity index (χ3n) is 11.5. The Morgan fingerprint density at radius 3 is 1.67 bits per heavy atom. The molecule has 292 valence electrons. The predicted molar refractivity (Wildman–Crippen MR) is 217 cm³/mol. The summed E-state index contributed by atoms with van der Waals surface area (Å²) in [6, 6.07) is 1.52.